The molecule has 1 N–H and O–H groups in total. The molecule has 0 aliphatic rings. The van der Waals surface area contributed by atoms with E-state index in [2.05, 4.69) is 5.32 Å². The molecule has 1 amide bonds. The molecule has 19 heavy (non-hydrogen) atoms. The van der Waals surface area contributed by atoms with Crippen molar-refractivity contribution in [2.45, 2.75) is 39.5 Å². The van der Waals surface area contributed by atoms with E-state index < -0.39 is 6.08 Å². The molecule has 0 rings (SSSR count). The summed E-state index contributed by atoms with van der Waals surface area (Å²) >= 11 is 0. The Morgan fingerprint density at radius 1 is 1.16 bits per heavy atom. The third-order valence-electron chi connectivity index (χ3n) is 2.30. The molecule has 0 atom stereocenters. The molecule has 0 saturated heterocycles. The van der Waals surface area contributed by atoms with Crippen LogP contribution >= 0.6 is 0 Å². The monoisotopic (exact) mass is 271 g/mol. The van der Waals surface area contributed by atoms with Crippen LogP contribution in [0.1, 0.15) is 39.5 Å². The minimum absolute atomic E-state index is 0.0955. The van der Waals surface area contributed by atoms with Gasteiger partial charge < -0.3 is 5.32 Å². The van der Waals surface area contributed by atoms with Crippen LogP contribution < -0.4 is 5.32 Å². The smallest absolute Gasteiger partial charge is 0.266 e. The first-order valence-corrected chi connectivity index (χ1v) is 6.64. The largest absolute Gasteiger partial charge is 0.352 e. The van der Waals surface area contributed by atoms with Crippen LogP contribution in [0.4, 0.5) is 8.78 Å². The highest BCUT2D eigenvalue weighted by Gasteiger charge is 1.95. The van der Waals surface area contributed by atoms with Gasteiger partial charge in [-0.3, -0.25) is 4.79 Å². The summed E-state index contributed by atoms with van der Waals surface area (Å²) in [5, 5.41) is 2.77. The molecule has 0 radical (unpaired) electrons. The van der Waals surface area contributed by atoms with Gasteiger partial charge in [0.2, 0.25) is 5.91 Å². The fraction of sp³-hybridized carbons (Fsp3) is 0.533. The Morgan fingerprint density at radius 2 is 1.84 bits per heavy atom. The van der Waals surface area contributed by atoms with Crippen LogP contribution in [-0.4, -0.2) is 12.5 Å². The van der Waals surface area contributed by atoms with E-state index in [0.29, 0.717) is 18.9 Å². The van der Waals surface area contributed by atoms with Crippen molar-refractivity contribution >= 4 is 5.91 Å². The molecule has 2 nitrogen and oxygen atoms in total. The van der Waals surface area contributed by atoms with Crippen LogP contribution in [0.2, 0.25) is 0 Å². The minimum atomic E-state index is -1.61. The number of carbonyl (C=O) groups is 1. The number of hydrogen-bond donors (Lipinski definition) is 1. The molecule has 108 valence electrons. The van der Waals surface area contributed by atoms with Crippen molar-refractivity contribution in [3.63, 3.8) is 0 Å². The highest BCUT2D eigenvalue weighted by Crippen LogP contribution is 2.05. The second-order valence-electron chi connectivity index (χ2n) is 4.70. The van der Waals surface area contributed by atoms with Gasteiger partial charge in [-0.05, 0) is 37.7 Å². The first kappa shape index (κ1) is 17.6. The van der Waals surface area contributed by atoms with Crippen molar-refractivity contribution in [2.24, 2.45) is 5.92 Å². The van der Waals surface area contributed by atoms with Crippen molar-refractivity contribution in [1.82, 2.24) is 5.32 Å². The highest BCUT2D eigenvalue weighted by molar-refractivity contribution is 5.87. The van der Waals surface area contributed by atoms with Gasteiger partial charge in [-0.15, -0.1) is 0 Å². The maximum Gasteiger partial charge on any atom is 0.266 e. The van der Waals surface area contributed by atoms with Gasteiger partial charge in [-0.2, -0.15) is 8.78 Å². The number of hydrogen-bond acceptors (Lipinski definition) is 1. The minimum Gasteiger partial charge on any atom is -0.352 e. The van der Waals surface area contributed by atoms with Gasteiger partial charge in [0, 0.05) is 12.6 Å². The number of rotatable bonds is 9. The van der Waals surface area contributed by atoms with Gasteiger partial charge in [-0.1, -0.05) is 32.1 Å². The van der Waals surface area contributed by atoms with Gasteiger partial charge in [0.05, 0.1) is 0 Å². The Hall–Kier alpha value is -1.45. The molecule has 0 heterocycles. The highest BCUT2D eigenvalue weighted by atomic mass is 19.3. The van der Waals surface area contributed by atoms with Gasteiger partial charge >= 0.3 is 0 Å². The second kappa shape index (κ2) is 11.6. The lowest BCUT2D eigenvalue weighted by Gasteiger charge is -2.03. The van der Waals surface area contributed by atoms with Gasteiger partial charge in [0.1, 0.15) is 0 Å². The third-order valence-corrected chi connectivity index (χ3v) is 2.30. The van der Waals surface area contributed by atoms with E-state index in [-0.39, 0.29) is 5.91 Å². The van der Waals surface area contributed by atoms with E-state index >= 15 is 0 Å². The summed E-state index contributed by atoms with van der Waals surface area (Å²) in [7, 11) is 0. The molecule has 0 aromatic carbocycles. The molecule has 0 aliphatic heterocycles. The van der Waals surface area contributed by atoms with Crippen LogP contribution in [0, 0.1) is 5.92 Å². The summed E-state index contributed by atoms with van der Waals surface area (Å²) < 4.78 is 23.4. The molecule has 4 heteroatoms. The van der Waals surface area contributed by atoms with Crippen molar-refractivity contribution in [1.29, 1.82) is 0 Å². The number of allylic oxidation sites excluding steroid dienone is 4. The average Bonchev–Trinajstić information content (AvgIpc) is 2.34. The van der Waals surface area contributed by atoms with Crippen LogP contribution in [0.5, 0.6) is 0 Å². The molecule has 0 saturated carbocycles. The Balaban J connectivity index is 3.56. The molecule has 0 unspecified atom stereocenters. The number of halogens is 2. The standard InChI is InChI=1S/C15H23F2NO/c1-13(2)12-18-15(19)11-9-7-5-3-4-6-8-10-14(16)17/h5,7,9-11,13H,3-4,6,8,12H2,1-2H3,(H,18,19). The number of nitrogens with one attached hydrogen (secondary N) is 1. The van der Waals surface area contributed by atoms with Gasteiger partial charge in [0.15, 0.2) is 0 Å². The van der Waals surface area contributed by atoms with Crippen molar-refractivity contribution in [3.05, 3.63) is 36.5 Å². The van der Waals surface area contributed by atoms with E-state index in [1.54, 1.807) is 12.2 Å². The molecule has 0 spiro atoms. The predicted molar refractivity (Wildman–Crippen MR) is 74.9 cm³/mol. The first-order chi connectivity index (χ1) is 9.02. The van der Waals surface area contributed by atoms with E-state index in [1.165, 1.54) is 6.08 Å². The topological polar surface area (TPSA) is 29.1 Å². The fourth-order valence-corrected chi connectivity index (χ4v) is 1.30. The first-order valence-electron chi connectivity index (χ1n) is 6.64. The van der Waals surface area contributed by atoms with E-state index in [4.69, 9.17) is 0 Å². The fourth-order valence-electron chi connectivity index (χ4n) is 1.30. The van der Waals surface area contributed by atoms with Crippen LogP contribution in [0.25, 0.3) is 0 Å². The van der Waals surface area contributed by atoms with Crippen molar-refractivity contribution in [2.75, 3.05) is 6.54 Å². The molecule has 0 bridgehead atoms. The molecular weight excluding hydrogens is 248 g/mol. The lowest BCUT2D eigenvalue weighted by Crippen LogP contribution is -2.25. The van der Waals surface area contributed by atoms with Crippen molar-refractivity contribution in [3.8, 4) is 0 Å². The van der Waals surface area contributed by atoms with Crippen molar-refractivity contribution < 1.29 is 13.6 Å². The second-order valence-corrected chi connectivity index (χ2v) is 4.70. The summed E-state index contributed by atoms with van der Waals surface area (Å²) in [4.78, 5) is 11.3. The Bertz CT molecular complexity index is 329. The molecule has 0 aromatic heterocycles. The maximum atomic E-state index is 11.7. The maximum absolute atomic E-state index is 11.7. The summed E-state index contributed by atoms with van der Waals surface area (Å²) in [6.07, 6.45) is 9.13. The zero-order valence-corrected chi connectivity index (χ0v) is 11.7. The summed E-state index contributed by atoms with van der Waals surface area (Å²) in [6, 6.07) is 0. The lowest BCUT2D eigenvalue weighted by atomic mass is 10.2. The van der Waals surface area contributed by atoms with E-state index in [9.17, 15) is 13.6 Å². The molecular formula is C15H23F2NO. The predicted octanol–water partition coefficient (Wildman–Crippen LogP) is 4.21. The summed E-state index contributed by atoms with van der Waals surface area (Å²) in [5.41, 5.74) is 0. The van der Waals surface area contributed by atoms with Crippen LogP contribution in [0.3, 0.4) is 0 Å². The molecule has 0 aromatic rings. The zero-order valence-electron chi connectivity index (χ0n) is 11.7. The molecule has 0 aliphatic carbocycles. The van der Waals surface area contributed by atoms with E-state index in [1.807, 2.05) is 19.9 Å². The number of unbranched alkanes of at least 4 members (excludes halogenated alkanes) is 3. The number of carbonyl (C=O) groups excluding carboxylic acids is 1. The van der Waals surface area contributed by atoms with Gasteiger partial charge in [-0.25, -0.2) is 0 Å². The zero-order chi connectivity index (χ0) is 14.5. The summed E-state index contributed by atoms with van der Waals surface area (Å²) in [6.45, 7) is 4.74. The average molecular weight is 271 g/mol. The van der Waals surface area contributed by atoms with Crippen LogP contribution in [0.15, 0.2) is 36.5 Å². The van der Waals surface area contributed by atoms with Crippen LogP contribution in [-0.2, 0) is 4.79 Å². The SMILES string of the molecule is CC(C)CNC(=O)C=CC=CCCCCC=C(F)F. The van der Waals surface area contributed by atoms with Gasteiger partial charge in [0.25, 0.3) is 6.08 Å². The third kappa shape index (κ3) is 14.5. The molecule has 0 fully saturated rings. The lowest BCUT2D eigenvalue weighted by molar-refractivity contribution is -0.116. The Kier molecular flexibility index (Phi) is 10.7. The van der Waals surface area contributed by atoms with E-state index in [0.717, 1.165) is 25.3 Å². The Morgan fingerprint density at radius 3 is 2.47 bits per heavy atom. The number of amides is 1. The Labute approximate surface area is 114 Å². The summed E-state index contributed by atoms with van der Waals surface area (Å²) in [5.74, 6) is 0.345. The normalized spacial score (nSPS) is 11.4. The quantitative estimate of drug-likeness (QED) is 0.380.